The van der Waals surface area contributed by atoms with Crippen molar-refractivity contribution in [3.8, 4) is 11.5 Å². The maximum Gasteiger partial charge on any atom is 0.231 e. The van der Waals surface area contributed by atoms with Crippen LogP contribution in [0.5, 0.6) is 11.5 Å². The summed E-state index contributed by atoms with van der Waals surface area (Å²) in [4.78, 5) is 6.43. The molecule has 1 N–H and O–H groups in total. The van der Waals surface area contributed by atoms with Gasteiger partial charge < -0.3 is 19.7 Å². The van der Waals surface area contributed by atoms with E-state index in [1.54, 1.807) is 0 Å². The molecular weight excluding hydrogens is 413 g/mol. The zero-order valence-corrected chi connectivity index (χ0v) is 16.6. The molecule has 1 unspecified atom stereocenters. The van der Waals surface area contributed by atoms with Gasteiger partial charge in [-0.1, -0.05) is 13.0 Å². The summed E-state index contributed by atoms with van der Waals surface area (Å²) >= 11 is 1.84. The summed E-state index contributed by atoms with van der Waals surface area (Å²) in [5, 5.41) is 3.95. The van der Waals surface area contributed by atoms with Gasteiger partial charge in [0, 0.05) is 32.4 Å². The molecule has 0 fully saturated rings. The summed E-state index contributed by atoms with van der Waals surface area (Å²) in [5.41, 5.74) is 1.17. The number of halogens is 1. The van der Waals surface area contributed by atoms with Gasteiger partial charge in [0.2, 0.25) is 6.79 Å². The maximum absolute atomic E-state index is 5.41. The maximum atomic E-state index is 5.41. The molecule has 1 aromatic carbocycles. The highest BCUT2D eigenvalue weighted by atomic mass is 127. The highest BCUT2D eigenvalue weighted by Crippen LogP contribution is 2.32. The predicted octanol–water partition coefficient (Wildman–Crippen LogP) is 2.79. The van der Waals surface area contributed by atoms with Crippen molar-refractivity contribution in [2.24, 2.45) is 4.99 Å². The van der Waals surface area contributed by atoms with Gasteiger partial charge in [-0.05, 0) is 24.0 Å². The minimum absolute atomic E-state index is 0. The lowest BCUT2D eigenvalue weighted by Gasteiger charge is -2.23. The Morgan fingerprint density at radius 2 is 2.14 bits per heavy atom. The van der Waals surface area contributed by atoms with Crippen LogP contribution in [0, 0.1) is 0 Å². The van der Waals surface area contributed by atoms with E-state index in [-0.39, 0.29) is 24.0 Å². The first-order chi connectivity index (χ1) is 10.1. The molecule has 0 bridgehead atoms. The van der Waals surface area contributed by atoms with Crippen LogP contribution >= 0.6 is 35.7 Å². The van der Waals surface area contributed by atoms with Gasteiger partial charge in [0.25, 0.3) is 0 Å². The van der Waals surface area contributed by atoms with Crippen LogP contribution in [0.4, 0.5) is 0 Å². The van der Waals surface area contributed by atoms with Crippen molar-refractivity contribution < 1.29 is 9.47 Å². The zero-order chi connectivity index (χ0) is 15.2. The molecule has 124 valence electrons. The summed E-state index contributed by atoms with van der Waals surface area (Å²) in [5.74, 6) is 2.53. The third-order valence-corrected chi connectivity index (χ3v) is 4.35. The highest BCUT2D eigenvalue weighted by Gasteiger charge is 2.14. The third-order valence-electron chi connectivity index (χ3n) is 3.38. The summed E-state index contributed by atoms with van der Waals surface area (Å²) < 4.78 is 10.7. The molecule has 1 aliphatic heterocycles. The average Bonchev–Trinajstić information content (AvgIpc) is 2.95. The largest absolute Gasteiger partial charge is 0.454 e. The number of benzene rings is 1. The van der Waals surface area contributed by atoms with Crippen molar-refractivity contribution in [2.75, 3.05) is 33.7 Å². The fourth-order valence-electron chi connectivity index (χ4n) is 2.09. The van der Waals surface area contributed by atoms with Gasteiger partial charge in [-0.2, -0.15) is 11.8 Å². The molecule has 1 aromatic rings. The van der Waals surface area contributed by atoms with Gasteiger partial charge >= 0.3 is 0 Å². The quantitative estimate of drug-likeness (QED) is 0.436. The van der Waals surface area contributed by atoms with E-state index in [0.717, 1.165) is 30.5 Å². The number of guanidine groups is 1. The van der Waals surface area contributed by atoms with Crippen molar-refractivity contribution in [1.29, 1.82) is 0 Å². The Morgan fingerprint density at radius 3 is 2.82 bits per heavy atom. The SMILES string of the molecule is CN=C(NCC(C)SC)N(C)Cc1ccc2c(c1)OCO2.I. The molecule has 0 radical (unpaired) electrons. The Balaban J connectivity index is 0.00000242. The van der Waals surface area contributed by atoms with Crippen LogP contribution < -0.4 is 14.8 Å². The van der Waals surface area contributed by atoms with E-state index in [1.165, 1.54) is 5.56 Å². The molecule has 1 heterocycles. The molecular formula is C15H24IN3O2S. The molecule has 5 nitrogen and oxygen atoms in total. The summed E-state index contributed by atoms with van der Waals surface area (Å²) in [7, 11) is 3.84. The first-order valence-electron chi connectivity index (χ1n) is 6.97. The highest BCUT2D eigenvalue weighted by molar-refractivity contribution is 14.0. The predicted molar refractivity (Wildman–Crippen MR) is 104 cm³/mol. The molecule has 0 aromatic heterocycles. The van der Waals surface area contributed by atoms with Crippen molar-refractivity contribution >= 4 is 41.7 Å². The monoisotopic (exact) mass is 437 g/mol. The molecule has 2 rings (SSSR count). The number of thioether (sulfide) groups is 1. The molecule has 0 amide bonds. The Bertz CT molecular complexity index is 514. The third kappa shape index (κ3) is 5.12. The molecule has 0 saturated carbocycles. The number of nitrogens with one attached hydrogen (secondary N) is 1. The normalized spacial score (nSPS) is 14.3. The second kappa shape index (κ2) is 9.34. The Morgan fingerprint density at radius 1 is 1.41 bits per heavy atom. The Kier molecular flexibility index (Phi) is 8.16. The van der Waals surface area contributed by atoms with Crippen molar-refractivity contribution in [3.63, 3.8) is 0 Å². The van der Waals surface area contributed by atoms with E-state index in [1.807, 2.05) is 38.0 Å². The number of ether oxygens (including phenoxy) is 2. The number of aliphatic imine (C=N–C) groups is 1. The van der Waals surface area contributed by atoms with Gasteiger partial charge in [-0.3, -0.25) is 4.99 Å². The van der Waals surface area contributed by atoms with E-state index in [4.69, 9.17) is 9.47 Å². The van der Waals surface area contributed by atoms with E-state index >= 15 is 0 Å². The minimum Gasteiger partial charge on any atom is -0.454 e. The lowest BCUT2D eigenvalue weighted by molar-refractivity contribution is 0.174. The zero-order valence-electron chi connectivity index (χ0n) is 13.5. The van der Waals surface area contributed by atoms with Crippen LogP contribution in [0.25, 0.3) is 0 Å². The molecule has 22 heavy (non-hydrogen) atoms. The topological polar surface area (TPSA) is 46.1 Å². The molecule has 1 atom stereocenters. The Labute approximate surface area is 153 Å². The molecule has 1 aliphatic rings. The summed E-state index contributed by atoms with van der Waals surface area (Å²) in [6, 6.07) is 6.04. The van der Waals surface area contributed by atoms with Gasteiger partial charge in [-0.15, -0.1) is 24.0 Å². The lowest BCUT2D eigenvalue weighted by Crippen LogP contribution is -2.40. The second-order valence-corrected chi connectivity index (χ2v) is 6.29. The van der Waals surface area contributed by atoms with Crippen LogP contribution in [0.15, 0.2) is 23.2 Å². The van der Waals surface area contributed by atoms with Crippen LogP contribution in [0.1, 0.15) is 12.5 Å². The van der Waals surface area contributed by atoms with E-state index in [9.17, 15) is 0 Å². The van der Waals surface area contributed by atoms with Crippen molar-refractivity contribution in [2.45, 2.75) is 18.7 Å². The number of fused-ring (bicyclic) bond motifs is 1. The van der Waals surface area contributed by atoms with Crippen LogP contribution in [-0.4, -0.2) is 49.8 Å². The molecule has 0 spiro atoms. The smallest absolute Gasteiger partial charge is 0.231 e. The van der Waals surface area contributed by atoms with Crippen molar-refractivity contribution in [1.82, 2.24) is 10.2 Å². The van der Waals surface area contributed by atoms with E-state index in [0.29, 0.717) is 12.0 Å². The minimum atomic E-state index is 0. The molecule has 0 saturated heterocycles. The summed E-state index contributed by atoms with van der Waals surface area (Å²) in [6.45, 7) is 4.18. The first kappa shape index (κ1) is 19.2. The molecule has 0 aliphatic carbocycles. The van der Waals surface area contributed by atoms with Crippen LogP contribution in [-0.2, 0) is 6.54 Å². The fourth-order valence-corrected chi connectivity index (χ4v) is 2.34. The molecule has 7 heteroatoms. The number of nitrogens with zero attached hydrogens (tertiary/aromatic N) is 2. The number of hydrogen-bond donors (Lipinski definition) is 1. The average molecular weight is 437 g/mol. The van der Waals surface area contributed by atoms with Crippen LogP contribution in [0.3, 0.4) is 0 Å². The van der Waals surface area contributed by atoms with Crippen LogP contribution in [0.2, 0.25) is 0 Å². The lowest BCUT2D eigenvalue weighted by atomic mass is 10.2. The van der Waals surface area contributed by atoms with Gasteiger partial charge in [-0.25, -0.2) is 0 Å². The van der Waals surface area contributed by atoms with E-state index < -0.39 is 0 Å². The van der Waals surface area contributed by atoms with Gasteiger partial charge in [0.1, 0.15) is 0 Å². The van der Waals surface area contributed by atoms with Crippen molar-refractivity contribution in [3.05, 3.63) is 23.8 Å². The van der Waals surface area contributed by atoms with Gasteiger partial charge in [0.15, 0.2) is 17.5 Å². The first-order valence-corrected chi connectivity index (χ1v) is 8.26. The van der Waals surface area contributed by atoms with E-state index in [2.05, 4.69) is 34.5 Å². The Hall–Kier alpha value is -0.830. The number of rotatable bonds is 5. The standard InChI is InChI=1S/C15H23N3O2S.HI/c1-11(21-4)8-17-15(16-2)18(3)9-12-5-6-13-14(7-12)20-10-19-13;/h5-7,11H,8-10H2,1-4H3,(H,16,17);1H. The number of hydrogen-bond acceptors (Lipinski definition) is 4. The fraction of sp³-hybridized carbons (Fsp3) is 0.533. The van der Waals surface area contributed by atoms with Gasteiger partial charge in [0.05, 0.1) is 0 Å². The summed E-state index contributed by atoms with van der Waals surface area (Å²) in [6.07, 6.45) is 2.12. The second-order valence-electron chi connectivity index (χ2n) is 5.02.